The van der Waals surface area contributed by atoms with E-state index in [-0.39, 0.29) is 28.8 Å². The number of carbonyl (C=O) groups excluding carboxylic acids is 1. The van der Waals surface area contributed by atoms with Crippen molar-refractivity contribution in [1.29, 1.82) is 0 Å². The summed E-state index contributed by atoms with van der Waals surface area (Å²) in [7, 11) is 1.37. The smallest absolute Gasteiger partial charge is 0.311 e. The monoisotopic (exact) mass is 453 g/mol. The molecule has 0 aliphatic rings. The Balaban J connectivity index is 1.86. The van der Waals surface area contributed by atoms with Gasteiger partial charge in [0, 0.05) is 36.5 Å². The molecule has 1 aromatic heterocycles. The van der Waals surface area contributed by atoms with Gasteiger partial charge < -0.3 is 24.8 Å². The van der Waals surface area contributed by atoms with E-state index in [0.29, 0.717) is 35.3 Å². The number of phenols is 2. The van der Waals surface area contributed by atoms with Crippen LogP contribution in [0.3, 0.4) is 0 Å². The Bertz CT molecular complexity index is 1190. The lowest BCUT2D eigenvalue weighted by molar-refractivity contribution is -0.385. The van der Waals surface area contributed by atoms with Crippen LogP contribution in [0.25, 0.3) is 16.8 Å². The number of nitrogens with one attached hydrogen (secondary N) is 1. The van der Waals surface area contributed by atoms with E-state index in [1.165, 1.54) is 25.3 Å². The molecule has 2 aromatic carbocycles. The number of carbonyl (C=O) groups is 1. The highest BCUT2D eigenvalue weighted by molar-refractivity contribution is 5.81. The van der Waals surface area contributed by atoms with Crippen LogP contribution in [0.5, 0.6) is 17.2 Å². The fourth-order valence-electron chi connectivity index (χ4n) is 3.32. The van der Waals surface area contributed by atoms with Crippen molar-refractivity contribution >= 4 is 11.6 Å². The molecule has 0 bridgehead atoms. The molecule has 3 aromatic rings. The van der Waals surface area contributed by atoms with Crippen LogP contribution in [-0.2, 0) is 11.2 Å². The number of amides is 1. The van der Waals surface area contributed by atoms with E-state index in [1.54, 1.807) is 35.2 Å². The maximum Gasteiger partial charge on any atom is 0.311 e. The number of ether oxygens (including phenoxy) is 1. The molecule has 174 valence electrons. The lowest BCUT2D eigenvalue weighted by atomic mass is 9.95. The highest BCUT2D eigenvalue weighted by atomic mass is 16.6. The number of hydrogen-bond acceptors (Lipinski definition) is 6. The fourth-order valence-corrected chi connectivity index (χ4v) is 3.32. The van der Waals surface area contributed by atoms with Gasteiger partial charge in [0.2, 0.25) is 5.91 Å². The topological polar surface area (TPSA) is 127 Å². The molecule has 33 heavy (non-hydrogen) atoms. The van der Waals surface area contributed by atoms with Gasteiger partial charge in [-0.2, -0.15) is 0 Å². The second-order valence-corrected chi connectivity index (χ2v) is 8.68. The van der Waals surface area contributed by atoms with Gasteiger partial charge >= 0.3 is 5.69 Å². The molecule has 9 heteroatoms. The van der Waals surface area contributed by atoms with Gasteiger partial charge in [-0.3, -0.25) is 14.9 Å². The Morgan fingerprint density at radius 3 is 2.48 bits per heavy atom. The fraction of sp³-hybridized carbons (Fsp3) is 0.292. The average molecular weight is 453 g/mol. The minimum Gasteiger partial charge on any atom is -0.508 e. The minimum atomic E-state index is -0.514. The molecule has 0 aliphatic heterocycles. The zero-order valence-electron chi connectivity index (χ0n) is 19.0. The number of phenolic OH excluding ortho intramolecular Hbond substituents is 2. The first-order valence-electron chi connectivity index (χ1n) is 10.4. The van der Waals surface area contributed by atoms with Crippen LogP contribution in [-0.4, -0.2) is 39.3 Å². The summed E-state index contributed by atoms with van der Waals surface area (Å²) in [6, 6.07) is 9.35. The molecule has 0 fully saturated rings. The van der Waals surface area contributed by atoms with Crippen molar-refractivity contribution in [3.05, 3.63) is 64.5 Å². The van der Waals surface area contributed by atoms with E-state index in [2.05, 4.69) is 5.32 Å². The van der Waals surface area contributed by atoms with Crippen molar-refractivity contribution in [3.63, 3.8) is 0 Å². The predicted octanol–water partition coefficient (Wildman–Crippen LogP) is 4.18. The van der Waals surface area contributed by atoms with Gasteiger partial charge in [-0.1, -0.05) is 26.8 Å². The Hall–Kier alpha value is -4.01. The van der Waals surface area contributed by atoms with Gasteiger partial charge in [-0.05, 0) is 41.3 Å². The van der Waals surface area contributed by atoms with Crippen LogP contribution in [0.2, 0.25) is 0 Å². The summed E-state index contributed by atoms with van der Waals surface area (Å²) in [6.07, 6.45) is 3.81. The van der Waals surface area contributed by atoms with Crippen molar-refractivity contribution in [2.75, 3.05) is 13.7 Å². The van der Waals surface area contributed by atoms with Crippen LogP contribution in [0.15, 0.2) is 48.8 Å². The van der Waals surface area contributed by atoms with Crippen LogP contribution >= 0.6 is 0 Å². The third-order valence-electron chi connectivity index (χ3n) is 5.22. The molecule has 0 spiro atoms. The molecule has 0 atom stereocenters. The number of hydrogen-bond donors (Lipinski definition) is 3. The second-order valence-electron chi connectivity index (χ2n) is 8.68. The first kappa shape index (κ1) is 23.6. The second kappa shape index (κ2) is 9.23. The summed E-state index contributed by atoms with van der Waals surface area (Å²) in [6.45, 7) is 5.79. The molecule has 9 nitrogen and oxygen atoms in total. The van der Waals surface area contributed by atoms with Gasteiger partial charge in [-0.25, -0.2) is 0 Å². The largest absolute Gasteiger partial charge is 0.508 e. The first-order chi connectivity index (χ1) is 15.5. The summed E-state index contributed by atoms with van der Waals surface area (Å²) < 4.78 is 6.71. The molecular weight excluding hydrogens is 426 g/mol. The van der Waals surface area contributed by atoms with Gasteiger partial charge in [0.1, 0.15) is 11.5 Å². The van der Waals surface area contributed by atoms with Crippen LogP contribution in [0.4, 0.5) is 5.69 Å². The summed E-state index contributed by atoms with van der Waals surface area (Å²) in [5.74, 6) is -0.121. The number of aromatic hydroxyl groups is 2. The Labute approximate surface area is 191 Å². The van der Waals surface area contributed by atoms with Crippen molar-refractivity contribution in [1.82, 2.24) is 9.88 Å². The molecule has 1 amide bonds. The highest BCUT2D eigenvalue weighted by Crippen LogP contribution is 2.35. The molecule has 0 saturated carbocycles. The van der Waals surface area contributed by atoms with E-state index >= 15 is 0 Å². The molecule has 0 unspecified atom stereocenters. The third kappa shape index (κ3) is 5.25. The molecule has 1 heterocycles. The van der Waals surface area contributed by atoms with Gasteiger partial charge in [-0.15, -0.1) is 0 Å². The average Bonchev–Trinajstić information content (AvgIpc) is 3.23. The van der Waals surface area contributed by atoms with Gasteiger partial charge in [0.05, 0.1) is 17.7 Å². The molecular formula is C24H27N3O6. The molecule has 3 rings (SSSR count). The maximum absolute atomic E-state index is 12.1. The third-order valence-corrected chi connectivity index (χ3v) is 5.22. The minimum absolute atomic E-state index is 0.0700. The number of aromatic nitrogens is 1. The van der Waals surface area contributed by atoms with Crippen molar-refractivity contribution < 1.29 is 24.7 Å². The van der Waals surface area contributed by atoms with Crippen molar-refractivity contribution in [2.24, 2.45) is 5.41 Å². The van der Waals surface area contributed by atoms with E-state index in [9.17, 15) is 25.1 Å². The van der Waals surface area contributed by atoms with E-state index in [1.807, 2.05) is 20.8 Å². The standard InChI is InChI=1S/C24H27N3O6/c1-24(2,3)23(30)25-9-7-16-12-18(21(29)13-20(16)28)26-10-8-17(14-26)15-5-6-22(33-4)19(11-15)27(31)32/h5-6,8,10-14,28-29H,7,9H2,1-4H3,(H,25,30). The maximum atomic E-state index is 12.1. The molecule has 3 N–H and O–H groups in total. The summed E-state index contributed by atoms with van der Waals surface area (Å²) in [5, 5.41) is 34.8. The SMILES string of the molecule is COc1ccc(-c2ccn(-c3cc(CCNC(=O)C(C)(C)C)c(O)cc3O)c2)cc1[N+](=O)[O-]. The highest BCUT2D eigenvalue weighted by Gasteiger charge is 2.21. The van der Waals surface area contributed by atoms with E-state index < -0.39 is 10.3 Å². The lowest BCUT2D eigenvalue weighted by Crippen LogP contribution is -2.35. The van der Waals surface area contributed by atoms with Crippen molar-refractivity contribution in [3.8, 4) is 34.1 Å². The predicted molar refractivity (Wildman–Crippen MR) is 124 cm³/mol. The Morgan fingerprint density at radius 1 is 1.12 bits per heavy atom. The zero-order valence-corrected chi connectivity index (χ0v) is 19.0. The van der Waals surface area contributed by atoms with Gasteiger partial charge in [0.25, 0.3) is 0 Å². The summed E-state index contributed by atoms with van der Waals surface area (Å²) in [5.41, 5.74) is 1.65. The number of nitrogens with zero attached hydrogens (tertiary/aromatic N) is 2. The number of nitro benzene ring substituents is 1. The normalized spacial score (nSPS) is 11.3. The van der Waals surface area contributed by atoms with Crippen LogP contribution in [0.1, 0.15) is 26.3 Å². The lowest BCUT2D eigenvalue weighted by Gasteiger charge is -2.18. The zero-order chi connectivity index (χ0) is 24.3. The quantitative estimate of drug-likeness (QED) is 0.364. The van der Waals surface area contributed by atoms with E-state index in [0.717, 1.165) is 0 Å². The van der Waals surface area contributed by atoms with Crippen molar-refractivity contribution in [2.45, 2.75) is 27.2 Å². The molecule has 0 saturated heterocycles. The number of methoxy groups -OCH3 is 1. The van der Waals surface area contributed by atoms with Crippen LogP contribution in [0, 0.1) is 15.5 Å². The summed E-state index contributed by atoms with van der Waals surface area (Å²) in [4.78, 5) is 22.9. The Morgan fingerprint density at radius 2 is 1.85 bits per heavy atom. The first-order valence-corrected chi connectivity index (χ1v) is 10.4. The van der Waals surface area contributed by atoms with Crippen LogP contribution < -0.4 is 10.1 Å². The summed E-state index contributed by atoms with van der Waals surface area (Å²) >= 11 is 0. The number of benzene rings is 2. The number of nitro groups is 1. The van der Waals surface area contributed by atoms with E-state index in [4.69, 9.17) is 4.74 Å². The van der Waals surface area contributed by atoms with Gasteiger partial charge in [0.15, 0.2) is 5.75 Å². The Kier molecular flexibility index (Phi) is 6.62. The molecule has 0 radical (unpaired) electrons. The number of rotatable bonds is 7. The molecule has 0 aliphatic carbocycles.